The molecule has 2 aromatic rings. The summed E-state index contributed by atoms with van der Waals surface area (Å²) in [4.78, 5) is -0.169. The second kappa shape index (κ2) is 5.91. The second-order valence-electron chi connectivity index (χ2n) is 4.36. The molecule has 2 rings (SSSR count). The van der Waals surface area contributed by atoms with Crippen LogP contribution in [0.15, 0.2) is 41.3 Å². The van der Waals surface area contributed by atoms with E-state index in [4.69, 9.17) is 16.3 Å². The van der Waals surface area contributed by atoms with Crippen molar-refractivity contribution in [3.63, 3.8) is 0 Å². The molecule has 112 valence electrons. The molecule has 2 aromatic carbocycles. The number of rotatable bonds is 4. The maximum absolute atomic E-state index is 13.2. The number of sulfonamides is 1. The Hall–Kier alpha value is -1.79. The minimum Gasteiger partial charge on any atom is -0.495 e. The van der Waals surface area contributed by atoms with Crippen LogP contribution in [0.2, 0.25) is 5.02 Å². The van der Waals surface area contributed by atoms with Gasteiger partial charge < -0.3 is 4.74 Å². The number of methoxy groups -OCH3 is 1. The first-order valence-corrected chi connectivity index (χ1v) is 7.82. The SMILES string of the molecule is COc1cc(Cl)c(C)cc1NS(=O)(=O)c1cccc(F)c1. The zero-order valence-corrected chi connectivity index (χ0v) is 12.9. The molecule has 7 heteroatoms. The summed E-state index contributed by atoms with van der Waals surface area (Å²) in [5, 5.41) is 0.459. The number of aryl methyl sites for hydroxylation is 1. The summed E-state index contributed by atoms with van der Waals surface area (Å²) in [6.07, 6.45) is 0. The van der Waals surface area contributed by atoms with Gasteiger partial charge in [-0.1, -0.05) is 17.7 Å². The molecule has 0 aliphatic carbocycles. The van der Waals surface area contributed by atoms with Gasteiger partial charge >= 0.3 is 0 Å². The van der Waals surface area contributed by atoms with Crippen molar-refractivity contribution in [1.82, 2.24) is 0 Å². The topological polar surface area (TPSA) is 55.4 Å². The van der Waals surface area contributed by atoms with E-state index in [2.05, 4.69) is 4.72 Å². The van der Waals surface area contributed by atoms with E-state index in [0.29, 0.717) is 10.6 Å². The quantitative estimate of drug-likeness (QED) is 0.932. The fraction of sp³-hybridized carbons (Fsp3) is 0.143. The predicted molar refractivity (Wildman–Crippen MR) is 79.9 cm³/mol. The van der Waals surface area contributed by atoms with Crippen LogP contribution in [0.3, 0.4) is 0 Å². The third-order valence-corrected chi connectivity index (χ3v) is 4.60. The zero-order valence-electron chi connectivity index (χ0n) is 11.4. The Morgan fingerprint density at radius 2 is 1.95 bits per heavy atom. The summed E-state index contributed by atoms with van der Waals surface area (Å²) in [7, 11) is -2.51. The van der Waals surface area contributed by atoms with Gasteiger partial charge in [-0.25, -0.2) is 12.8 Å². The van der Waals surface area contributed by atoms with E-state index in [9.17, 15) is 12.8 Å². The first-order chi connectivity index (χ1) is 9.83. The Bertz CT molecular complexity index is 778. The van der Waals surface area contributed by atoms with Crippen LogP contribution in [0.25, 0.3) is 0 Å². The molecule has 0 fully saturated rings. The van der Waals surface area contributed by atoms with Gasteiger partial charge in [-0.15, -0.1) is 0 Å². The van der Waals surface area contributed by atoms with E-state index in [0.717, 1.165) is 6.07 Å². The summed E-state index contributed by atoms with van der Waals surface area (Å²) < 4.78 is 45.1. The van der Waals surface area contributed by atoms with Gasteiger partial charge in [0.1, 0.15) is 11.6 Å². The van der Waals surface area contributed by atoms with E-state index in [1.54, 1.807) is 13.0 Å². The molecule has 1 N–H and O–H groups in total. The molecule has 4 nitrogen and oxygen atoms in total. The van der Waals surface area contributed by atoms with Crippen molar-refractivity contribution in [2.75, 3.05) is 11.8 Å². The van der Waals surface area contributed by atoms with E-state index in [1.165, 1.54) is 31.4 Å². The molecule has 0 atom stereocenters. The fourth-order valence-electron chi connectivity index (χ4n) is 1.75. The molecule has 0 aliphatic rings. The van der Waals surface area contributed by atoms with E-state index < -0.39 is 15.8 Å². The van der Waals surface area contributed by atoms with Gasteiger partial charge in [0.25, 0.3) is 10.0 Å². The minimum absolute atomic E-state index is 0.169. The van der Waals surface area contributed by atoms with Gasteiger partial charge in [0.15, 0.2) is 0 Å². The van der Waals surface area contributed by atoms with Gasteiger partial charge in [0.2, 0.25) is 0 Å². The average Bonchev–Trinajstić information content (AvgIpc) is 2.42. The molecule has 0 bridgehead atoms. The fourth-order valence-corrected chi connectivity index (χ4v) is 3.00. The number of anilines is 1. The molecule has 0 unspecified atom stereocenters. The molecule has 0 spiro atoms. The van der Waals surface area contributed by atoms with Crippen molar-refractivity contribution < 1.29 is 17.5 Å². The van der Waals surface area contributed by atoms with E-state index >= 15 is 0 Å². The maximum Gasteiger partial charge on any atom is 0.262 e. The summed E-state index contributed by atoms with van der Waals surface area (Å²) in [6.45, 7) is 1.74. The number of hydrogen-bond donors (Lipinski definition) is 1. The molecule has 21 heavy (non-hydrogen) atoms. The number of hydrogen-bond acceptors (Lipinski definition) is 3. The Morgan fingerprint density at radius 1 is 1.24 bits per heavy atom. The van der Waals surface area contributed by atoms with Crippen LogP contribution in [0.5, 0.6) is 5.75 Å². The summed E-state index contributed by atoms with van der Waals surface area (Å²) in [5.41, 5.74) is 0.929. The number of ether oxygens (including phenoxy) is 1. The van der Waals surface area contributed by atoms with Crippen LogP contribution in [-0.4, -0.2) is 15.5 Å². The summed E-state index contributed by atoms with van der Waals surface area (Å²) in [5.74, 6) is -0.345. The lowest BCUT2D eigenvalue weighted by Gasteiger charge is -2.13. The lowest BCUT2D eigenvalue weighted by Crippen LogP contribution is -2.14. The minimum atomic E-state index is -3.91. The molecule has 0 saturated carbocycles. The zero-order chi connectivity index (χ0) is 15.6. The van der Waals surface area contributed by atoms with Crippen LogP contribution in [0.4, 0.5) is 10.1 Å². The molecular formula is C14H13ClFNO3S. The predicted octanol–water partition coefficient (Wildman–Crippen LogP) is 3.60. The molecule has 0 radical (unpaired) electrons. The standard InChI is InChI=1S/C14H13ClFNO3S/c1-9-6-13(14(20-2)8-12(9)15)17-21(18,19)11-5-3-4-10(16)7-11/h3-8,17H,1-2H3. The van der Waals surface area contributed by atoms with Crippen molar-refractivity contribution in [3.05, 3.63) is 52.8 Å². The summed E-state index contributed by atoms with van der Waals surface area (Å²) in [6, 6.07) is 7.82. The molecule has 0 heterocycles. The van der Waals surface area contributed by atoms with E-state index in [1.807, 2.05) is 0 Å². The Labute approximate surface area is 127 Å². The maximum atomic E-state index is 13.2. The van der Waals surface area contributed by atoms with Crippen LogP contribution in [0, 0.1) is 12.7 Å². The van der Waals surface area contributed by atoms with Gasteiger partial charge in [0, 0.05) is 11.1 Å². The van der Waals surface area contributed by atoms with Crippen molar-refractivity contribution in [1.29, 1.82) is 0 Å². The third kappa shape index (κ3) is 3.46. The largest absolute Gasteiger partial charge is 0.495 e. The average molecular weight is 330 g/mol. The number of nitrogens with one attached hydrogen (secondary N) is 1. The highest BCUT2D eigenvalue weighted by Gasteiger charge is 2.18. The Balaban J connectivity index is 2.44. The van der Waals surface area contributed by atoms with Gasteiger partial charge in [-0.3, -0.25) is 4.72 Å². The molecule has 0 aromatic heterocycles. The van der Waals surface area contributed by atoms with Crippen LogP contribution < -0.4 is 9.46 Å². The van der Waals surface area contributed by atoms with Crippen LogP contribution >= 0.6 is 11.6 Å². The highest BCUT2D eigenvalue weighted by atomic mass is 35.5. The van der Waals surface area contributed by atoms with Crippen LogP contribution in [0.1, 0.15) is 5.56 Å². The number of halogens is 2. The van der Waals surface area contributed by atoms with Crippen molar-refractivity contribution >= 4 is 27.3 Å². The highest BCUT2D eigenvalue weighted by Crippen LogP contribution is 2.32. The van der Waals surface area contributed by atoms with Gasteiger partial charge in [-0.05, 0) is 36.8 Å². The van der Waals surface area contributed by atoms with Crippen molar-refractivity contribution in [3.8, 4) is 5.75 Å². The van der Waals surface area contributed by atoms with E-state index in [-0.39, 0.29) is 16.3 Å². The van der Waals surface area contributed by atoms with Gasteiger partial charge in [-0.2, -0.15) is 0 Å². The molecule has 0 aliphatic heterocycles. The Morgan fingerprint density at radius 3 is 2.57 bits per heavy atom. The normalized spacial score (nSPS) is 11.2. The number of benzene rings is 2. The second-order valence-corrected chi connectivity index (χ2v) is 6.45. The smallest absolute Gasteiger partial charge is 0.262 e. The highest BCUT2D eigenvalue weighted by molar-refractivity contribution is 7.92. The third-order valence-electron chi connectivity index (χ3n) is 2.83. The first-order valence-electron chi connectivity index (χ1n) is 5.96. The monoisotopic (exact) mass is 329 g/mol. The van der Waals surface area contributed by atoms with Gasteiger partial charge in [0.05, 0.1) is 17.7 Å². The van der Waals surface area contributed by atoms with Crippen molar-refractivity contribution in [2.24, 2.45) is 0 Å². The Kier molecular flexibility index (Phi) is 4.39. The molecule has 0 amide bonds. The summed E-state index contributed by atoms with van der Waals surface area (Å²) >= 11 is 5.97. The van der Waals surface area contributed by atoms with Crippen molar-refractivity contribution in [2.45, 2.75) is 11.8 Å². The molecular weight excluding hydrogens is 317 g/mol. The lowest BCUT2D eigenvalue weighted by molar-refractivity contribution is 0.417. The first kappa shape index (κ1) is 15.6. The lowest BCUT2D eigenvalue weighted by atomic mass is 10.2. The molecule has 0 saturated heterocycles. The van der Waals surface area contributed by atoms with Crippen LogP contribution in [-0.2, 0) is 10.0 Å².